The van der Waals surface area contributed by atoms with Gasteiger partial charge in [-0.2, -0.15) is 26.7 Å². The van der Waals surface area contributed by atoms with Gasteiger partial charge in [0.2, 0.25) is 0 Å². The number of nitrogens with zero attached hydrogens (tertiary/aromatic N) is 5. The van der Waals surface area contributed by atoms with E-state index in [2.05, 4.69) is 25.7 Å². The molecule has 0 radical (unpaired) electrons. The average Bonchev–Trinajstić information content (AvgIpc) is 3.59. The third-order valence-corrected chi connectivity index (χ3v) is 7.73. The molecule has 0 bridgehead atoms. The van der Waals surface area contributed by atoms with Crippen LogP contribution in [0.5, 0.6) is 0 Å². The van der Waals surface area contributed by atoms with Crippen LogP contribution in [-0.2, 0) is 22.9 Å². The normalized spacial score (nSPS) is 12.0. The first-order chi connectivity index (χ1) is 19.6. The van der Waals surface area contributed by atoms with E-state index in [4.69, 9.17) is 11.6 Å². The van der Waals surface area contributed by atoms with Crippen LogP contribution in [0.25, 0.3) is 28.2 Å². The lowest BCUT2D eigenvalue weighted by Gasteiger charge is -2.15. The minimum absolute atomic E-state index is 0.115. The molecule has 9 nitrogen and oxygen atoms in total. The van der Waals surface area contributed by atoms with Crippen LogP contribution in [0.15, 0.2) is 72.8 Å². The van der Waals surface area contributed by atoms with E-state index in [1.807, 2.05) is 55.5 Å². The van der Waals surface area contributed by atoms with E-state index in [1.165, 1.54) is 0 Å². The zero-order valence-electron chi connectivity index (χ0n) is 21.5. The number of aromatic nitrogens is 6. The van der Waals surface area contributed by atoms with Crippen molar-refractivity contribution in [1.29, 1.82) is 0 Å². The first kappa shape index (κ1) is 28.3. The monoisotopic (exact) mass is 601 g/mol. The van der Waals surface area contributed by atoms with Crippen LogP contribution >= 0.6 is 11.6 Å². The lowest BCUT2D eigenvalue weighted by molar-refractivity contribution is -0.0429. The molecule has 212 valence electrons. The number of hydrogen-bond acceptors (Lipinski definition) is 6. The van der Waals surface area contributed by atoms with Gasteiger partial charge in [0.25, 0.3) is 0 Å². The Balaban J connectivity index is 1.58. The molecular formula is C27H23ClF3N7O2S. The second-order valence-corrected chi connectivity index (χ2v) is 11.2. The minimum atomic E-state index is -5.75. The van der Waals surface area contributed by atoms with Gasteiger partial charge in [-0.05, 0) is 45.7 Å². The van der Waals surface area contributed by atoms with Crippen molar-refractivity contribution in [1.82, 2.24) is 30.4 Å². The molecule has 5 aromatic rings. The number of rotatable bonds is 9. The van der Waals surface area contributed by atoms with Crippen molar-refractivity contribution in [2.45, 2.75) is 31.7 Å². The van der Waals surface area contributed by atoms with Gasteiger partial charge in [-0.3, -0.25) is 4.72 Å². The summed E-state index contributed by atoms with van der Waals surface area (Å²) in [6.45, 7) is 1.90. The summed E-state index contributed by atoms with van der Waals surface area (Å²) in [5, 5.41) is 18.7. The summed E-state index contributed by atoms with van der Waals surface area (Å²) >= 11 is 6.34. The lowest BCUT2D eigenvalue weighted by Crippen LogP contribution is -2.31. The standard InChI is InChI=1S/C27H23ClF3N7O2S/c1-2-7-23-21(26(35-41(39,40)27(29,30)31)38(34-23)24-11-6-5-10-22(24)28)16-17-12-14-18(15-13-17)19-8-3-4-9-20(19)25-32-36-37-33-25/h3-6,8-15,35H,2,7,16H2,1H3,(H,32,33,36,37). The number of H-pyrrole nitrogens is 1. The number of hydrogen-bond donors (Lipinski definition) is 2. The maximum atomic E-state index is 13.5. The smallest absolute Gasteiger partial charge is 0.259 e. The van der Waals surface area contributed by atoms with E-state index in [9.17, 15) is 21.6 Å². The largest absolute Gasteiger partial charge is 0.516 e. The number of anilines is 1. The summed E-state index contributed by atoms with van der Waals surface area (Å²) in [7, 11) is -5.75. The number of benzene rings is 3. The van der Waals surface area contributed by atoms with Crippen LogP contribution in [0.3, 0.4) is 0 Å². The van der Waals surface area contributed by atoms with E-state index in [0.29, 0.717) is 29.9 Å². The molecule has 0 amide bonds. The summed E-state index contributed by atoms with van der Waals surface area (Å²) in [6, 6.07) is 21.3. The molecule has 0 aliphatic rings. The van der Waals surface area contributed by atoms with Gasteiger partial charge in [-0.15, -0.1) is 5.10 Å². The fraction of sp³-hybridized carbons (Fsp3) is 0.185. The number of halogens is 4. The zero-order chi connectivity index (χ0) is 29.2. The van der Waals surface area contributed by atoms with Crippen LogP contribution in [0, 0.1) is 0 Å². The van der Waals surface area contributed by atoms with E-state index in [1.54, 1.807) is 29.0 Å². The molecule has 0 fully saturated rings. The van der Waals surface area contributed by atoms with Crippen LogP contribution in [0.4, 0.5) is 19.0 Å². The van der Waals surface area contributed by atoms with Gasteiger partial charge < -0.3 is 0 Å². The minimum Gasteiger partial charge on any atom is -0.259 e. The van der Waals surface area contributed by atoms with Crippen LogP contribution in [-0.4, -0.2) is 44.3 Å². The molecule has 2 aromatic heterocycles. The molecule has 3 aromatic carbocycles. The van der Waals surface area contributed by atoms with E-state index in [-0.39, 0.29) is 22.9 Å². The number of sulfonamides is 1. The molecule has 0 aliphatic carbocycles. The number of aromatic amines is 1. The molecule has 41 heavy (non-hydrogen) atoms. The summed E-state index contributed by atoms with van der Waals surface area (Å²) in [5.74, 6) is 0.188. The predicted octanol–water partition coefficient (Wildman–Crippen LogP) is 6.18. The third kappa shape index (κ3) is 5.81. The molecule has 0 aliphatic heterocycles. The molecule has 14 heteroatoms. The number of alkyl halides is 3. The highest BCUT2D eigenvalue weighted by Crippen LogP contribution is 2.35. The van der Waals surface area contributed by atoms with Gasteiger partial charge in [0.1, 0.15) is 5.82 Å². The maximum absolute atomic E-state index is 13.5. The topological polar surface area (TPSA) is 118 Å². The van der Waals surface area contributed by atoms with E-state index >= 15 is 0 Å². The zero-order valence-corrected chi connectivity index (χ0v) is 23.1. The molecule has 0 spiro atoms. The summed E-state index contributed by atoms with van der Waals surface area (Å²) in [6.07, 6.45) is 1.15. The Bertz CT molecular complexity index is 1770. The van der Waals surface area contributed by atoms with Gasteiger partial charge in [0.15, 0.2) is 5.82 Å². The highest BCUT2D eigenvalue weighted by Gasteiger charge is 2.47. The fourth-order valence-electron chi connectivity index (χ4n) is 4.43. The Hall–Kier alpha value is -4.23. The van der Waals surface area contributed by atoms with Crippen LogP contribution in [0.1, 0.15) is 30.2 Å². The predicted molar refractivity (Wildman–Crippen MR) is 149 cm³/mol. The van der Waals surface area contributed by atoms with Crippen molar-refractivity contribution >= 4 is 27.4 Å². The Morgan fingerprint density at radius 1 is 0.976 bits per heavy atom. The molecule has 0 saturated heterocycles. The Kier molecular flexibility index (Phi) is 7.82. The van der Waals surface area contributed by atoms with Gasteiger partial charge >= 0.3 is 15.5 Å². The SMILES string of the molecule is CCCc1nn(-c2ccccc2Cl)c(NS(=O)(=O)C(F)(F)F)c1Cc1ccc(-c2ccccc2-c2nnn[nH]2)cc1. The number of nitrogens with one attached hydrogen (secondary N) is 2. The van der Waals surface area contributed by atoms with Crippen molar-refractivity contribution in [2.75, 3.05) is 4.72 Å². The van der Waals surface area contributed by atoms with Gasteiger partial charge in [0, 0.05) is 17.5 Å². The molecule has 2 N–H and O–H groups in total. The van der Waals surface area contributed by atoms with Crippen molar-refractivity contribution in [3.63, 3.8) is 0 Å². The summed E-state index contributed by atoms with van der Waals surface area (Å²) in [5.41, 5.74) is -1.25. The molecule has 5 rings (SSSR count). The van der Waals surface area contributed by atoms with E-state index < -0.39 is 15.5 Å². The number of tetrazole rings is 1. The van der Waals surface area contributed by atoms with Gasteiger partial charge in [-0.25, -0.2) is 9.78 Å². The lowest BCUT2D eigenvalue weighted by atomic mass is 9.96. The van der Waals surface area contributed by atoms with Gasteiger partial charge in [0.05, 0.1) is 16.4 Å². The van der Waals surface area contributed by atoms with Crippen LogP contribution in [0.2, 0.25) is 5.02 Å². The second kappa shape index (κ2) is 11.3. The Morgan fingerprint density at radius 2 is 1.66 bits per heavy atom. The molecule has 0 atom stereocenters. The van der Waals surface area contributed by atoms with Gasteiger partial charge in [-0.1, -0.05) is 85.6 Å². The third-order valence-electron chi connectivity index (χ3n) is 6.34. The highest BCUT2D eigenvalue weighted by atomic mass is 35.5. The quantitative estimate of drug-likeness (QED) is 0.208. The maximum Gasteiger partial charge on any atom is 0.516 e. The van der Waals surface area contributed by atoms with Crippen molar-refractivity contribution in [3.8, 4) is 28.2 Å². The molecule has 0 saturated carbocycles. The first-order valence-electron chi connectivity index (χ1n) is 12.5. The Labute approximate surface area is 238 Å². The van der Waals surface area contributed by atoms with Crippen molar-refractivity contribution < 1.29 is 21.6 Å². The second-order valence-electron chi connectivity index (χ2n) is 9.11. The summed E-state index contributed by atoms with van der Waals surface area (Å²) in [4.78, 5) is 0. The fourth-order valence-corrected chi connectivity index (χ4v) is 5.22. The van der Waals surface area contributed by atoms with E-state index in [0.717, 1.165) is 26.9 Å². The molecular weight excluding hydrogens is 579 g/mol. The highest BCUT2D eigenvalue weighted by molar-refractivity contribution is 7.93. The Morgan fingerprint density at radius 3 is 2.29 bits per heavy atom. The average molecular weight is 602 g/mol. The number of aryl methyl sites for hydroxylation is 1. The summed E-state index contributed by atoms with van der Waals surface area (Å²) < 4.78 is 67.8. The van der Waals surface area contributed by atoms with Crippen molar-refractivity contribution in [2.24, 2.45) is 0 Å². The first-order valence-corrected chi connectivity index (χ1v) is 14.3. The molecule has 0 unspecified atom stereocenters. The van der Waals surface area contributed by atoms with Crippen molar-refractivity contribution in [3.05, 3.63) is 94.6 Å². The number of para-hydroxylation sites is 1. The van der Waals surface area contributed by atoms with Crippen LogP contribution < -0.4 is 4.72 Å². The molecule has 2 heterocycles.